The molecule has 1 aromatic carbocycles. The smallest absolute Gasteiger partial charge is 0.239 e. The van der Waals surface area contributed by atoms with Crippen molar-refractivity contribution in [3.63, 3.8) is 0 Å². The fourth-order valence-corrected chi connectivity index (χ4v) is 2.04. The molecule has 0 radical (unpaired) electrons. The van der Waals surface area contributed by atoms with Gasteiger partial charge in [0.1, 0.15) is 11.6 Å². The Morgan fingerprint density at radius 1 is 1.29 bits per heavy atom. The molecule has 0 saturated heterocycles. The summed E-state index contributed by atoms with van der Waals surface area (Å²) in [6, 6.07) is 4.95. The second-order valence-electron chi connectivity index (χ2n) is 3.37. The van der Waals surface area contributed by atoms with Crippen LogP contribution in [-0.2, 0) is 14.6 Å². The predicted octanol–water partition coefficient (Wildman–Crippen LogP) is 0.171. The molecular weight excluding hydrogens is 249 g/mol. The fourth-order valence-electron chi connectivity index (χ4n) is 1.14. The van der Waals surface area contributed by atoms with Gasteiger partial charge in [0.2, 0.25) is 5.91 Å². The molecule has 1 aromatic rings. The first-order valence-electron chi connectivity index (χ1n) is 4.79. The van der Waals surface area contributed by atoms with E-state index in [0.29, 0.717) is 5.69 Å². The minimum atomic E-state index is -3.60. The van der Waals surface area contributed by atoms with Gasteiger partial charge in [-0.05, 0) is 24.3 Å². The topological polar surface area (TPSA) is 83.5 Å². The second-order valence-corrected chi connectivity index (χ2v) is 5.55. The molecule has 7 heteroatoms. The molecule has 0 aromatic heterocycles. The van der Waals surface area contributed by atoms with E-state index < -0.39 is 39.7 Å². The number of benzene rings is 1. The third kappa shape index (κ3) is 4.92. The summed E-state index contributed by atoms with van der Waals surface area (Å²) in [7, 11) is -3.60. The molecule has 0 unspecified atom stereocenters. The first-order valence-corrected chi connectivity index (χ1v) is 6.62. The SMILES string of the molecule is O=C(CS(=O)(=O)CCO)Nc1ccc(F)cc1. The van der Waals surface area contributed by atoms with E-state index in [9.17, 15) is 17.6 Å². The Labute approximate surface area is 98.2 Å². The second kappa shape index (κ2) is 5.74. The van der Waals surface area contributed by atoms with E-state index in [0.717, 1.165) is 12.1 Å². The molecular formula is C10H12FNO4S. The molecule has 0 heterocycles. The van der Waals surface area contributed by atoms with Gasteiger partial charge in [-0.15, -0.1) is 0 Å². The summed E-state index contributed by atoms with van der Waals surface area (Å²) >= 11 is 0. The molecule has 94 valence electrons. The van der Waals surface area contributed by atoms with Crippen molar-refractivity contribution in [2.24, 2.45) is 0 Å². The number of carbonyl (C=O) groups excluding carboxylic acids is 1. The number of aliphatic hydroxyl groups excluding tert-OH is 1. The maximum absolute atomic E-state index is 12.6. The number of hydrogen-bond acceptors (Lipinski definition) is 4. The standard InChI is InChI=1S/C10H12FNO4S/c11-8-1-3-9(4-2-8)12-10(14)7-17(15,16)6-5-13/h1-4,13H,5-7H2,(H,12,14). The van der Waals surface area contributed by atoms with Crippen molar-refractivity contribution in [2.75, 3.05) is 23.4 Å². The number of halogens is 1. The Morgan fingerprint density at radius 3 is 2.41 bits per heavy atom. The number of sulfone groups is 1. The number of amides is 1. The van der Waals surface area contributed by atoms with Crippen molar-refractivity contribution < 1.29 is 22.7 Å². The highest BCUT2D eigenvalue weighted by molar-refractivity contribution is 7.92. The van der Waals surface area contributed by atoms with E-state index in [-0.39, 0.29) is 0 Å². The van der Waals surface area contributed by atoms with Crippen LogP contribution in [-0.4, -0.2) is 37.5 Å². The summed E-state index contributed by atoms with van der Waals surface area (Å²) < 4.78 is 35.0. The lowest BCUT2D eigenvalue weighted by Crippen LogP contribution is -2.25. The summed E-state index contributed by atoms with van der Waals surface area (Å²) in [6.45, 7) is -0.522. The third-order valence-electron chi connectivity index (χ3n) is 1.88. The highest BCUT2D eigenvalue weighted by Gasteiger charge is 2.15. The number of rotatable bonds is 5. The lowest BCUT2D eigenvalue weighted by molar-refractivity contribution is -0.113. The molecule has 0 atom stereocenters. The normalized spacial score (nSPS) is 11.2. The van der Waals surface area contributed by atoms with Crippen molar-refractivity contribution >= 4 is 21.4 Å². The van der Waals surface area contributed by atoms with Crippen LogP contribution in [0.3, 0.4) is 0 Å². The molecule has 0 aliphatic rings. The van der Waals surface area contributed by atoms with Crippen LogP contribution >= 0.6 is 0 Å². The molecule has 0 spiro atoms. The molecule has 0 aliphatic heterocycles. The molecule has 0 saturated carbocycles. The van der Waals surface area contributed by atoms with E-state index in [1.54, 1.807) is 0 Å². The quantitative estimate of drug-likeness (QED) is 0.791. The van der Waals surface area contributed by atoms with Crippen LogP contribution in [0.4, 0.5) is 10.1 Å². The summed E-state index contributed by atoms with van der Waals surface area (Å²) in [4.78, 5) is 11.3. The Morgan fingerprint density at radius 2 is 1.88 bits per heavy atom. The first-order chi connectivity index (χ1) is 7.93. The van der Waals surface area contributed by atoms with Crippen LogP contribution in [0.25, 0.3) is 0 Å². The molecule has 0 fully saturated rings. The van der Waals surface area contributed by atoms with Gasteiger partial charge in [0.25, 0.3) is 0 Å². The van der Waals surface area contributed by atoms with Crippen LogP contribution in [0.2, 0.25) is 0 Å². The zero-order valence-electron chi connectivity index (χ0n) is 8.89. The van der Waals surface area contributed by atoms with Crippen molar-refractivity contribution in [2.45, 2.75) is 0 Å². The number of nitrogens with one attached hydrogen (secondary N) is 1. The Balaban J connectivity index is 2.59. The zero-order valence-corrected chi connectivity index (χ0v) is 9.71. The molecule has 5 nitrogen and oxygen atoms in total. The van der Waals surface area contributed by atoms with Crippen molar-refractivity contribution in [3.05, 3.63) is 30.1 Å². The van der Waals surface area contributed by atoms with Crippen molar-refractivity contribution in [3.8, 4) is 0 Å². The molecule has 0 aliphatic carbocycles. The number of aliphatic hydroxyl groups is 1. The Kier molecular flexibility index (Phi) is 4.59. The number of anilines is 1. The summed E-state index contributed by atoms with van der Waals surface area (Å²) in [5, 5.41) is 10.8. The largest absolute Gasteiger partial charge is 0.395 e. The van der Waals surface area contributed by atoms with Gasteiger partial charge in [-0.25, -0.2) is 12.8 Å². The van der Waals surface area contributed by atoms with Crippen molar-refractivity contribution in [1.29, 1.82) is 0 Å². The summed E-state index contributed by atoms with van der Waals surface area (Å²) in [5.74, 6) is -2.32. The fraction of sp³-hybridized carbons (Fsp3) is 0.300. The van der Waals surface area contributed by atoms with E-state index in [2.05, 4.69) is 5.32 Å². The van der Waals surface area contributed by atoms with Gasteiger partial charge >= 0.3 is 0 Å². The van der Waals surface area contributed by atoms with E-state index >= 15 is 0 Å². The lowest BCUT2D eigenvalue weighted by atomic mass is 10.3. The average molecular weight is 261 g/mol. The van der Waals surface area contributed by atoms with Gasteiger partial charge < -0.3 is 10.4 Å². The molecule has 0 bridgehead atoms. The highest BCUT2D eigenvalue weighted by atomic mass is 32.2. The molecule has 1 amide bonds. The molecule has 17 heavy (non-hydrogen) atoms. The predicted molar refractivity (Wildman–Crippen MR) is 60.8 cm³/mol. The monoisotopic (exact) mass is 261 g/mol. The van der Waals surface area contributed by atoms with E-state index in [4.69, 9.17) is 5.11 Å². The van der Waals surface area contributed by atoms with Gasteiger partial charge in [0, 0.05) is 5.69 Å². The van der Waals surface area contributed by atoms with Crippen LogP contribution in [0.15, 0.2) is 24.3 Å². The Hall–Kier alpha value is -1.47. The van der Waals surface area contributed by atoms with Gasteiger partial charge in [0.15, 0.2) is 9.84 Å². The number of carbonyl (C=O) groups is 1. The third-order valence-corrected chi connectivity index (χ3v) is 3.39. The minimum Gasteiger partial charge on any atom is -0.395 e. The van der Waals surface area contributed by atoms with Crippen LogP contribution in [0.5, 0.6) is 0 Å². The maximum atomic E-state index is 12.6. The molecule has 1 rings (SSSR count). The molecule has 2 N–H and O–H groups in total. The minimum absolute atomic E-state index is 0.315. The summed E-state index contributed by atoms with van der Waals surface area (Å²) in [6.07, 6.45) is 0. The van der Waals surface area contributed by atoms with E-state index in [1.165, 1.54) is 12.1 Å². The van der Waals surface area contributed by atoms with Gasteiger partial charge in [0.05, 0.1) is 12.4 Å². The first kappa shape index (κ1) is 13.6. The lowest BCUT2D eigenvalue weighted by Gasteiger charge is -2.05. The van der Waals surface area contributed by atoms with Crippen LogP contribution in [0, 0.1) is 5.82 Å². The highest BCUT2D eigenvalue weighted by Crippen LogP contribution is 2.08. The van der Waals surface area contributed by atoms with Crippen LogP contribution < -0.4 is 5.32 Å². The van der Waals surface area contributed by atoms with Gasteiger partial charge in [-0.3, -0.25) is 4.79 Å². The van der Waals surface area contributed by atoms with Gasteiger partial charge in [-0.2, -0.15) is 0 Å². The summed E-state index contributed by atoms with van der Waals surface area (Å²) in [5.41, 5.74) is 0.315. The maximum Gasteiger partial charge on any atom is 0.239 e. The average Bonchev–Trinajstić information content (AvgIpc) is 2.20. The van der Waals surface area contributed by atoms with Gasteiger partial charge in [-0.1, -0.05) is 0 Å². The van der Waals surface area contributed by atoms with E-state index in [1.807, 2.05) is 0 Å². The number of hydrogen-bond donors (Lipinski definition) is 2. The van der Waals surface area contributed by atoms with Crippen molar-refractivity contribution in [1.82, 2.24) is 0 Å². The Bertz CT molecular complexity index is 484. The zero-order chi connectivity index (χ0) is 12.9. The van der Waals surface area contributed by atoms with Crippen LogP contribution in [0.1, 0.15) is 0 Å².